The first-order valence-corrected chi connectivity index (χ1v) is 9.41. The summed E-state index contributed by atoms with van der Waals surface area (Å²) in [6.45, 7) is 0. The Balaban J connectivity index is 1.91. The molecule has 1 amide bonds. The van der Waals surface area contributed by atoms with E-state index in [1.54, 1.807) is 0 Å². The summed E-state index contributed by atoms with van der Waals surface area (Å²) in [5, 5.41) is 3.61. The van der Waals surface area contributed by atoms with Gasteiger partial charge in [-0.15, -0.1) is 0 Å². The van der Waals surface area contributed by atoms with Crippen molar-refractivity contribution in [1.82, 2.24) is 0 Å². The van der Waals surface area contributed by atoms with E-state index in [-0.39, 0.29) is 5.91 Å². The van der Waals surface area contributed by atoms with Gasteiger partial charge < -0.3 is 5.32 Å². The number of benzene rings is 4. The van der Waals surface area contributed by atoms with Crippen molar-refractivity contribution in [2.75, 3.05) is 5.32 Å². The Kier molecular flexibility index (Phi) is 5.22. The smallest absolute Gasteiger partial charge is 0.256 e. The SMILES string of the molecule is O=C(Nc1ccccc1)c1c(-c2ccccc2)cc(Cl)cc1-c1ccccc1. The maximum Gasteiger partial charge on any atom is 0.256 e. The first-order valence-electron chi connectivity index (χ1n) is 9.03. The molecule has 0 saturated heterocycles. The lowest BCUT2D eigenvalue weighted by Crippen LogP contribution is -2.14. The topological polar surface area (TPSA) is 29.1 Å². The predicted octanol–water partition coefficient (Wildman–Crippen LogP) is 6.93. The summed E-state index contributed by atoms with van der Waals surface area (Å²) in [7, 11) is 0. The summed E-state index contributed by atoms with van der Waals surface area (Å²) in [4.78, 5) is 13.4. The maximum absolute atomic E-state index is 13.4. The molecule has 0 aliphatic heterocycles. The van der Waals surface area contributed by atoms with E-state index in [0.717, 1.165) is 27.9 Å². The van der Waals surface area contributed by atoms with Crippen LogP contribution < -0.4 is 5.32 Å². The van der Waals surface area contributed by atoms with Crippen molar-refractivity contribution >= 4 is 23.2 Å². The number of halogens is 1. The molecule has 0 aliphatic carbocycles. The number of nitrogens with one attached hydrogen (secondary N) is 1. The van der Waals surface area contributed by atoms with E-state index in [1.165, 1.54) is 0 Å². The van der Waals surface area contributed by atoms with Crippen molar-refractivity contribution in [3.63, 3.8) is 0 Å². The van der Waals surface area contributed by atoms with Gasteiger partial charge in [0.05, 0.1) is 5.56 Å². The molecule has 1 N–H and O–H groups in total. The maximum atomic E-state index is 13.4. The molecule has 0 heterocycles. The number of rotatable bonds is 4. The summed E-state index contributed by atoms with van der Waals surface area (Å²) < 4.78 is 0. The molecular formula is C25H18ClNO. The first kappa shape index (κ1) is 18.0. The largest absolute Gasteiger partial charge is 0.322 e. The average molecular weight is 384 g/mol. The third-order valence-corrected chi connectivity index (χ3v) is 4.75. The number of hydrogen-bond acceptors (Lipinski definition) is 1. The number of para-hydroxylation sites is 1. The molecule has 3 heteroatoms. The molecule has 0 saturated carbocycles. The fourth-order valence-electron chi connectivity index (χ4n) is 3.26. The summed E-state index contributed by atoms with van der Waals surface area (Å²) in [6.07, 6.45) is 0. The third kappa shape index (κ3) is 3.83. The molecule has 0 aliphatic rings. The van der Waals surface area contributed by atoms with Crippen LogP contribution in [0.3, 0.4) is 0 Å². The van der Waals surface area contributed by atoms with Crippen molar-refractivity contribution < 1.29 is 4.79 Å². The van der Waals surface area contributed by atoms with Crippen LogP contribution in [0.2, 0.25) is 5.02 Å². The molecule has 28 heavy (non-hydrogen) atoms. The zero-order valence-corrected chi connectivity index (χ0v) is 15.9. The second kappa shape index (κ2) is 8.12. The molecule has 2 nitrogen and oxygen atoms in total. The van der Waals surface area contributed by atoms with Gasteiger partial charge in [0.1, 0.15) is 0 Å². The molecule has 0 aromatic heterocycles. The zero-order valence-electron chi connectivity index (χ0n) is 15.1. The van der Waals surface area contributed by atoms with Crippen LogP contribution in [0.15, 0.2) is 103 Å². The van der Waals surface area contributed by atoms with Gasteiger partial charge in [-0.1, -0.05) is 90.5 Å². The molecule has 0 unspecified atom stereocenters. The van der Waals surface area contributed by atoms with E-state index in [1.807, 2.05) is 103 Å². The number of carbonyl (C=O) groups excluding carboxylic acids is 1. The number of carbonyl (C=O) groups is 1. The zero-order chi connectivity index (χ0) is 19.3. The van der Waals surface area contributed by atoms with E-state index < -0.39 is 0 Å². The van der Waals surface area contributed by atoms with E-state index >= 15 is 0 Å². The van der Waals surface area contributed by atoms with Gasteiger partial charge in [0, 0.05) is 10.7 Å². The van der Waals surface area contributed by atoms with Gasteiger partial charge in [-0.3, -0.25) is 4.79 Å². The van der Waals surface area contributed by atoms with Gasteiger partial charge in [0.15, 0.2) is 0 Å². The summed E-state index contributed by atoms with van der Waals surface area (Å²) in [5.41, 5.74) is 4.85. The normalized spacial score (nSPS) is 10.5. The van der Waals surface area contributed by atoms with Gasteiger partial charge in [-0.25, -0.2) is 0 Å². The molecule has 4 aromatic carbocycles. The van der Waals surface area contributed by atoms with Crippen LogP contribution in [0.4, 0.5) is 5.69 Å². The summed E-state index contributed by atoms with van der Waals surface area (Å²) >= 11 is 6.45. The van der Waals surface area contributed by atoms with E-state index in [0.29, 0.717) is 10.6 Å². The molecule has 0 atom stereocenters. The van der Waals surface area contributed by atoms with E-state index in [4.69, 9.17) is 11.6 Å². The molecular weight excluding hydrogens is 366 g/mol. The highest BCUT2D eigenvalue weighted by atomic mass is 35.5. The third-order valence-electron chi connectivity index (χ3n) is 4.53. The van der Waals surface area contributed by atoms with Gasteiger partial charge in [0.25, 0.3) is 5.91 Å². The molecule has 0 spiro atoms. The monoisotopic (exact) mass is 383 g/mol. The molecule has 136 valence electrons. The average Bonchev–Trinajstić information content (AvgIpc) is 2.75. The Labute approximate surface area is 169 Å². The van der Waals surface area contributed by atoms with E-state index in [9.17, 15) is 4.79 Å². The van der Waals surface area contributed by atoms with Crippen molar-refractivity contribution in [1.29, 1.82) is 0 Å². The summed E-state index contributed by atoms with van der Waals surface area (Å²) in [5.74, 6) is -0.166. The Morgan fingerprint density at radius 2 is 1.07 bits per heavy atom. The first-order chi connectivity index (χ1) is 13.7. The molecule has 0 radical (unpaired) electrons. The van der Waals surface area contributed by atoms with Crippen LogP contribution >= 0.6 is 11.6 Å². The highest BCUT2D eigenvalue weighted by Gasteiger charge is 2.20. The van der Waals surface area contributed by atoms with Crippen molar-refractivity contribution in [3.8, 4) is 22.3 Å². The Morgan fingerprint density at radius 1 is 0.643 bits per heavy atom. The Hall–Kier alpha value is -3.36. The van der Waals surface area contributed by atoms with Gasteiger partial charge in [0.2, 0.25) is 0 Å². The van der Waals surface area contributed by atoms with Crippen LogP contribution in [0.5, 0.6) is 0 Å². The highest BCUT2D eigenvalue weighted by molar-refractivity contribution is 6.32. The number of hydrogen-bond donors (Lipinski definition) is 1. The van der Waals surface area contributed by atoms with Gasteiger partial charge >= 0.3 is 0 Å². The standard InChI is InChI=1S/C25H18ClNO/c26-20-16-22(18-10-4-1-5-11-18)24(23(17-20)19-12-6-2-7-13-19)25(28)27-21-14-8-3-9-15-21/h1-17H,(H,27,28). The second-order valence-electron chi connectivity index (χ2n) is 6.43. The molecule has 0 bridgehead atoms. The Morgan fingerprint density at radius 3 is 1.54 bits per heavy atom. The number of anilines is 1. The fourth-order valence-corrected chi connectivity index (χ4v) is 3.48. The lowest BCUT2D eigenvalue weighted by atomic mass is 9.91. The minimum atomic E-state index is -0.166. The van der Waals surface area contributed by atoms with Crippen LogP contribution in [0, 0.1) is 0 Å². The van der Waals surface area contributed by atoms with Crippen LogP contribution in [-0.2, 0) is 0 Å². The van der Waals surface area contributed by atoms with Crippen molar-refractivity contribution in [3.05, 3.63) is 114 Å². The minimum absolute atomic E-state index is 0.166. The minimum Gasteiger partial charge on any atom is -0.322 e. The molecule has 0 fully saturated rings. The van der Waals surface area contributed by atoms with Gasteiger partial charge in [-0.2, -0.15) is 0 Å². The van der Waals surface area contributed by atoms with Crippen molar-refractivity contribution in [2.24, 2.45) is 0 Å². The number of amides is 1. The Bertz CT molecular complexity index is 1030. The fraction of sp³-hybridized carbons (Fsp3) is 0. The lowest BCUT2D eigenvalue weighted by molar-refractivity contribution is 0.102. The second-order valence-corrected chi connectivity index (χ2v) is 6.86. The van der Waals surface area contributed by atoms with Crippen LogP contribution in [0.1, 0.15) is 10.4 Å². The van der Waals surface area contributed by atoms with Crippen LogP contribution in [-0.4, -0.2) is 5.91 Å². The lowest BCUT2D eigenvalue weighted by Gasteiger charge is -2.16. The van der Waals surface area contributed by atoms with Crippen LogP contribution in [0.25, 0.3) is 22.3 Å². The van der Waals surface area contributed by atoms with Crippen molar-refractivity contribution in [2.45, 2.75) is 0 Å². The molecule has 4 aromatic rings. The quantitative estimate of drug-likeness (QED) is 0.407. The van der Waals surface area contributed by atoms with Gasteiger partial charge in [-0.05, 0) is 46.5 Å². The molecule has 4 rings (SSSR count). The van der Waals surface area contributed by atoms with E-state index in [2.05, 4.69) is 5.32 Å². The summed E-state index contributed by atoms with van der Waals surface area (Å²) in [6, 6.07) is 32.8. The highest BCUT2D eigenvalue weighted by Crippen LogP contribution is 2.36. The predicted molar refractivity (Wildman–Crippen MR) is 117 cm³/mol.